The third-order valence-electron chi connectivity index (χ3n) is 5.56. The molecule has 1 fully saturated rings. The van der Waals surface area contributed by atoms with E-state index < -0.39 is 0 Å². The molecule has 0 spiro atoms. The van der Waals surface area contributed by atoms with Crippen molar-refractivity contribution in [3.8, 4) is 5.75 Å². The summed E-state index contributed by atoms with van der Waals surface area (Å²) < 4.78 is 5.67. The average molecular weight is 431 g/mol. The van der Waals surface area contributed by atoms with Crippen molar-refractivity contribution in [1.82, 2.24) is 10.2 Å². The summed E-state index contributed by atoms with van der Waals surface area (Å²) in [5.41, 5.74) is 0.221. The molecule has 0 atom stereocenters. The van der Waals surface area contributed by atoms with Gasteiger partial charge in [0.05, 0.1) is 6.61 Å². The molecule has 0 aliphatic carbocycles. The number of likely N-dealkylation sites (tertiary alicyclic amines) is 1. The molecule has 0 saturated carbocycles. The summed E-state index contributed by atoms with van der Waals surface area (Å²) in [7, 11) is 0. The van der Waals surface area contributed by atoms with Crippen molar-refractivity contribution in [1.29, 1.82) is 0 Å². The lowest BCUT2D eigenvalue weighted by Crippen LogP contribution is -2.49. The molecule has 1 aromatic rings. The lowest BCUT2D eigenvalue weighted by atomic mass is 9.93. The van der Waals surface area contributed by atoms with E-state index in [0.717, 1.165) is 37.9 Å². The zero-order chi connectivity index (χ0) is 22.9. The van der Waals surface area contributed by atoms with Gasteiger partial charge in [-0.25, -0.2) is 0 Å². The lowest BCUT2D eigenvalue weighted by molar-refractivity contribution is -0.140. The Hall–Kier alpha value is -2.37. The SMILES string of the molecule is CCCCCOc1ccc(C(=O)CCC(=O)NC2CCN(C(=O)C(C)(C)C)CC2)cc1. The number of nitrogens with zero attached hydrogens (tertiary/aromatic N) is 1. The van der Waals surface area contributed by atoms with Crippen LogP contribution >= 0.6 is 0 Å². The summed E-state index contributed by atoms with van der Waals surface area (Å²) in [6.45, 7) is 9.93. The summed E-state index contributed by atoms with van der Waals surface area (Å²) in [4.78, 5) is 38.9. The smallest absolute Gasteiger partial charge is 0.227 e. The summed E-state index contributed by atoms with van der Waals surface area (Å²) in [6.07, 6.45) is 5.19. The highest BCUT2D eigenvalue weighted by Gasteiger charge is 2.30. The predicted octanol–water partition coefficient (Wildman–Crippen LogP) is 4.37. The number of piperidine rings is 1. The quantitative estimate of drug-likeness (QED) is 0.442. The average Bonchev–Trinajstić information content (AvgIpc) is 2.75. The lowest BCUT2D eigenvalue weighted by Gasteiger charge is -2.36. The van der Waals surface area contributed by atoms with Gasteiger partial charge in [-0.05, 0) is 43.5 Å². The number of hydrogen-bond donors (Lipinski definition) is 1. The number of carbonyl (C=O) groups excluding carboxylic acids is 3. The van der Waals surface area contributed by atoms with Gasteiger partial charge in [0.1, 0.15) is 5.75 Å². The van der Waals surface area contributed by atoms with E-state index in [-0.39, 0.29) is 41.9 Å². The molecule has 1 aromatic carbocycles. The number of ketones is 1. The van der Waals surface area contributed by atoms with E-state index in [4.69, 9.17) is 4.74 Å². The van der Waals surface area contributed by atoms with Gasteiger partial charge in [0, 0.05) is 43.0 Å². The molecule has 1 aliphatic rings. The molecule has 31 heavy (non-hydrogen) atoms. The number of rotatable bonds is 10. The van der Waals surface area contributed by atoms with E-state index >= 15 is 0 Å². The summed E-state index contributed by atoms with van der Waals surface area (Å²) >= 11 is 0. The van der Waals surface area contributed by atoms with Gasteiger partial charge in [0.2, 0.25) is 11.8 Å². The summed E-state index contributed by atoms with van der Waals surface area (Å²) in [6, 6.07) is 7.21. The third-order valence-corrected chi connectivity index (χ3v) is 5.56. The van der Waals surface area contributed by atoms with Crippen LogP contribution in [0.5, 0.6) is 5.75 Å². The number of nitrogens with one attached hydrogen (secondary N) is 1. The van der Waals surface area contributed by atoms with Crippen LogP contribution in [0.15, 0.2) is 24.3 Å². The van der Waals surface area contributed by atoms with Crippen LogP contribution in [0, 0.1) is 5.41 Å². The van der Waals surface area contributed by atoms with Gasteiger partial charge in [0.25, 0.3) is 0 Å². The molecule has 2 rings (SSSR count). The maximum Gasteiger partial charge on any atom is 0.227 e. The third kappa shape index (κ3) is 8.35. The molecule has 6 heteroatoms. The molecule has 6 nitrogen and oxygen atoms in total. The number of amides is 2. The van der Waals surface area contributed by atoms with Crippen molar-refractivity contribution < 1.29 is 19.1 Å². The summed E-state index contributed by atoms with van der Waals surface area (Å²) in [5, 5.41) is 3.02. The number of benzene rings is 1. The molecule has 1 saturated heterocycles. The second-order valence-electron chi connectivity index (χ2n) is 9.39. The van der Waals surface area contributed by atoms with Crippen LogP contribution in [0.25, 0.3) is 0 Å². The molecule has 0 unspecified atom stereocenters. The fourth-order valence-electron chi connectivity index (χ4n) is 3.65. The van der Waals surface area contributed by atoms with Crippen LogP contribution in [0.2, 0.25) is 0 Å². The van der Waals surface area contributed by atoms with Crippen LogP contribution in [-0.2, 0) is 9.59 Å². The second kappa shape index (κ2) is 11.9. The van der Waals surface area contributed by atoms with E-state index in [0.29, 0.717) is 25.3 Å². The van der Waals surface area contributed by atoms with Crippen molar-refractivity contribution in [2.45, 2.75) is 78.7 Å². The van der Waals surface area contributed by atoms with Gasteiger partial charge in [-0.15, -0.1) is 0 Å². The van der Waals surface area contributed by atoms with E-state index in [1.54, 1.807) is 12.1 Å². The predicted molar refractivity (Wildman–Crippen MR) is 122 cm³/mol. The van der Waals surface area contributed by atoms with Crippen molar-refractivity contribution in [2.75, 3.05) is 19.7 Å². The van der Waals surface area contributed by atoms with Gasteiger partial charge < -0.3 is 15.0 Å². The van der Waals surface area contributed by atoms with Crippen LogP contribution in [-0.4, -0.2) is 48.2 Å². The Morgan fingerprint density at radius 3 is 2.26 bits per heavy atom. The first-order chi connectivity index (χ1) is 14.7. The molecule has 0 aromatic heterocycles. The number of carbonyl (C=O) groups is 3. The molecule has 1 heterocycles. The molecule has 172 valence electrons. The highest BCUT2D eigenvalue weighted by Crippen LogP contribution is 2.21. The van der Waals surface area contributed by atoms with Gasteiger partial charge in [-0.3, -0.25) is 14.4 Å². The number of hydrogen-bond acceptors (Lipinski definition) is 4. The highest BCUT2D eigenvalue weighted by atomic mass is 16.5. The van der Waals surface area contributed by atoms with Gasteiger partial charge in [0.15, 0.2) is 5.78 Å². The van der Waals surface area contributed by atoms with Gasteiger partial charge >= 0.3 is 0 Å². The first-order valence-corrected chi connectivity index (χ1v) is 11.6. The molecule has 0 bridgehead atoms. The van der Waals surface area contributed by atoms with E-state index in [9.17, 15) is 14.4 Å². The Kier molecular flexibility index (Phi) is 9.53. The molecular formula is C25H38N2O4. The summed E-state index contributed by atoms with van der Waals surface area (Å²) in [5.74, 6) is 0.769. The van der Waals surface area contributed by atoms with Crippen molar-refractivity contribution in [2.24, 2.45) is 5.41 Å². The minimum absolute atomic E-state index is 0.0433. The van der Waals surface area contributed by atoms with E-state index in [1.165, 1.54) is 0 Å². The van der Waals surface area contributed by atoms with Crippen LogP contribution < -0.4 is 10.1 Å². The monoisotopic (exact) mass is 430 g/mol. The Morgan fingerprint density at radius 2 is 1.68 bits per heavy atom. The minimum Gasteiger partial charge on any atom is -0.494 e. The maximum absolute atomic E-state index is 12.4. The fraction of sp³-hybridized carbons (Fsp3) is 0.640. The standard InChI is InChI=1S/C25H38N2O4/c1-5-6-7-18-31-21-10-8-19(9-11-21)22(28)12-13-23(29)26-20-14-16-27(17-15-20)24(30)25(2,3)4/h8-11,20H,5-7,12-18H2,1-4H3,(H,26,29). The molecule has 2 amide bonds. The highest BCUT2D eigenvalue weighted by molar-refractivity contribution is 5.98. The van der Waals surface area contributed by atoms with Gasteiger partial charge in [-0.2, -0.15) is 0 Å². The number of ether oxygens (including phenoxy) is 1. The number of unbranched alkanes of at least 4 members (excludes halogenated alkanes) is 2. The van der Waals surface area contributed by atoms with Crippen LogP contribution in [0.4, 0.5) is 0 Å². The first-order valence-electron chi connectivity index (χ1n) is 11.6. The Bertz CT molecular complexity index is 729. The van der Waals surface area contributed by atoms with E-state index in [1.807, 2.05) is 37.8 Å². The Labute approximate surface area is 186 Å². The number of Topliss-reactive ketones (excluding diaryl/α,β-unsaturated/α-hetero) is 1. The molecule has 0 radical (unpaired) electrons. The van der Waals surface area contributed by atoms with Crippen molar-refractivity contribution >= 4 is 17.6 Å². The molecule has 1 N–H and O–H groups in total. The van der Waals surface area contributed by atoms with Gasteiger partial charge in [-0.1, -0.05) is 40.5 Å². The zero-order valence-corrected chi connectivity index (χ0v) is 19.5. The van der Waals surface area contributed by atoms with Crippen molar-refractivity contribution in [3.05, 3.63) is 29.8 Å². The molecular weight excluding hydrogens is 392 g/mol. The van der Waals surface area contributed by atoms with Crippen molar-refractivity contribution in [3.63, 3.8) is 0 Å². The van der Waals surface area contributed by atoms with Crippen LogP contribution in [0.1, 0.15) is 83.0 Å². The van der Waals surface area contributed by atoms with Crippen LogP contribution in [0.3, 0.4) is 0 Å². The first kappa shape index (κ1) is 24.9. The zero-order valence-electron chi connectivity index (χ0n) is 19.5. The van der Waals surface area contributed by atoms with E-state index in [2.05, 4.69) is 12.2 Å². The Morgan fingerprint density at radius 1 is 1.03 bits per heavy atom. The fourth-order valence-corrected chi connectivity index (χ4v) is 3.65. The topological polar surface area (TPSA) is 75.7 Å². The second-order valence-corrected chi connectivity index (χ2v) is 9.39. The largest absolute Gasteiger partial charge is 0.494 e. The molecule has 1 aliphatic heterocycles. The Balaban J connectivity index is 1.69. The normalized spacial score (nSPS) is 14.9. The maximum atomic E-state index is 12.4. The minimum atomic E-state index is -0.379.